The maximum absolute atomic E-state index is 5.49. The monoisotopic (exact) mass is 347 g/mol. The van der Waals surface area contributed by atoms with Gasteiger partial charge < -0.3 is 9.47 Å². The molecule has 0 N–H and O–H groups in total. The number of aromatic nitrogens is 1. The Balaban J connectivity index is 1.60. The molecule has 2 saturated heterocycles. The van der Waals surface area contributed by atoms with E-state index in [2.05, 4.69) is 34.7 Å². The first-order chi connectivity index (χ1) is 12.1. The maximum Gasteiger partial charge on any atom is 0.217 e. The SMILES string of the molecule is COCC1CC2(CCN(Cc3cccnc3OC)CC2)CN1C(C)C. The van der Waals surface area contributed by atoms with Crippen LogP contribution in [0.1, 0.15) is 38.7 Å². The predicted octanol–water partition coefficient (Wildman–Crippen LogP) is 2.80. The highest BCUT2D eigenvalue weighted by Gasteiger charge is 2.46. The number of methoxy groups -OCH3 is 2. The van der Waals surface area contributed by atoms with Crippen LogP contribution in [0.3, 0.4) is 0 Å². The van der Waals surface area contributed by atoms with Crippen LogP contribution in [0.15, 0.2) is 18.3 Å². The molecule has 1 unspecified atom stereocenters. The van der Waals surface area contributed by atoms with Crippen LogP contribution in [-0.2, 0) is 11.3 Å². The average Bonchev–Trinajstić information content (AvgIpc) is 2.96. The van der Waals surface area contributed by atoms with Crippen LogP contribution in [0.2, 0.25) is 0 Å². The summed E-state index contributed by atoms with van der Waals surface area (Å²) in [4.78, 5) is 9.53. The third kappa shape index (κ3) is 4.15. The summed E-state index contributed by atoms with van der Waals surface area (Å²) in [6.45, 7) is 9.95. The Morgan fingerprint density at radius 3 is 2.68 bits per heavy atom. The number of hydrogen-bond donors (Lipinski definition) is 0. The van der Waals surface area contributed by atoms with Gasteiger partial charge >= 0.3 is 0 Å². The van der Waals surface area contributed by atoms with E-state index in [1.807, 2.05) is 13.2 Å². The van der Waals surface area contributed by atoms with Crippen LogP contribution in [0.25, 0.3) is 0 Å². The molecule has 1 aromatic heterocycles. The number of rotatable bonds is 6. The van der Waals surface area contributed by atoms with Gasteiger partial charge in [0, 0.05) is 44.0 Å². The van der Waals surface area contributed by atoms with Crippen molar-refractivity contribution in [3.05, 3.63) is 23.9 Å². The molecular weight excluding hydrogens is 314 g/mol. The fraction of sp³-hybridized carbons (Fsp3) is 0.750. The van der Waals surface area contributed by atoms with Crippen LogP contribution in [0.5, 0.6) is 5.88 Å². The Morgan fingerprint density at radius 2 is 2.04 bits per heavy atom. The highest BCUT2D eigenvalue weighted by Crippen LogP contribution is 2.44. The minimum absolute atomic E-state index is 0.475. The second-order valence-electron chi connectivity index (χ2n) is 8.03. The van der Waals surface area contributed by atoms with Gasteiger partial charge in [-0.05, 0) is 57.7 Å². The summed E-state index contributed by atoms with van der Waals surface area (Å²) >= 11 is 0. The molecule has 0 saturated carbocycles. The topological polar surface area (TPSA) is 37.8 Å². The third-order valence-electron chi connectivity index (χ3n) is 6.03. The van der Waals surface area contributed by atoms with Gasteiger partial charge in [-0.15, -0.1) is 0 Å². The summed E-state index contributed by atoms with van der Waals surface area (Å²) < 4.78 is 10.9. The summed E-state index contributed by atoms with van der Waals surface area (Å²) in [6.07, 6.45) is 5.63. The van der Waals surface area contributed by atoms with E-state index in [0.29, 0.717) is 17.5 Å². The van der Waals surface area contributed by atoms with E-state index in [1.54, 1.807) is 13.3 Å². The maximum atomic E-state index is 5.49. The quantitative estimate of drug-likeness (QED) is 0.791. The van der Waals surface area contributed by atoms with E-state index in [4.69, 9.17) is 9.47 Å². The van der Waals surface area contributed by atoms with E-state index in [1.165, 1.54) is 31.4 Å². The van der Waals surface area contributed by atoms with Crippen LogP contribution in [-0.4, -0.2) is 67.3 Å². The number of likely N-dealkylation sites (tertiary alicyclic amines) is 2. The standard InChI is InChI=1S/C20H33N3O2/c1-16(2)23-15-20(12-18(23)14-24-3)7-10-22(11-8-20)13-17-6-5-9-21-19(17)25-4/h5-6,9,16,18H,7-8,10-15H2,1-4H3. The molecule has 2 aliphatic rings. The molecule has 3 rings (SSSR count). The molecule has 140 valence electrons. The van der Waals surface area contributed by atoms with Crippen molar-refractivity contribution < 1.29 is 9.47 Å². The third-order valence-corrected chi connectivity index (χ3v) is 6.03. The number of hydrogen-bond acceptors (Lipinski definition) is 5. The lowest BCUT2D eigenvalue weighted by atomic mass is 9.76. The second kappa shape index (κ2) is 8.02. The van der Waals surface area contributed by atoms with Crippen LogP contribution in [0.4, 0.5) is 0 Å². The molecule has 0 bridgehead atoms. The molecule has 0 aromatic carbocycles. The predicted molar refractivity (Wildman–Crippen MR) is 99.9 cm³/mol. The van der Waals surface area contributed by atoms with Gasteiger partial charge in [-0.3, -0.25) is 9.80 Å². The number of pyridine rings is 1. The van der Waals surface area contributed by atoms with Crippen molar-refractivity contribution in [1.29, 1.82) is 0 Å². The molecule has 2 aliphatic heterocycles. The lowest BCUT2D eigenvalue weighted by Crippen LogP contribution is -2.42. The van der Waals surface area contributed by atoms with Crippen LogP contribution < -0.4 is 4.74 Å². The zero-order chi connectivity index (χ0) is 17.9. The molecule has 3 heterocycles. The summed E-state index contributed by atoms with van der Waals surface area (Å²) in [7, 11) is 3.53. The van der Waals surface area contributed by atoms with E-state index in [9.17, 15) is 0 Å². The Hall–Kier alpha value is -1.17. The highest BCUT2D eigenvalue weighted by molar-refractivity contribution is 5.25. The molecule has 0 amide bonds. The van der Waals surface area contributed by atoms with Crippen molar-refractivity contribution in [2.24, 2.45) is 5.41 Å². The molecule has 1 aromatic rings. The molecule has 1 spiro atoms. The number of ether oxygens (including phenoxy) is 2. The Labute approximate surface area is 152 Å². The first kappa shape index (κ1) is 18.6. The molecular formula is C20H33N3O2. The Kier molecular flexibility index (Phi) is 5.97. The first-order valence-corrected chi connectivity index (χ1v) is 9.52. The minimum atomic E-state index is 0.475. The van der Waals surface area contributed by atoms with Crippen molar-refractivity contribution in [2.45, 2.75) is 51.7 Å². The summed E-state index contributed by atoms with van der Waals surface area (Å²) in [5, 5.41) is 0. The van der Waals surface area contributed by atoms with Crippen LogP contribution in [0, 0.1) is 5.41 Å². The summed E-state index contributed by atoms with van der Waals surface area (Å²) in [6, 6.07) is 5.30. The van der Waals surface area contributed by atoms with E-state index in [-0.39, 0.29) is 0 Å². The molecule has 5 nitrogen and oxygen atoms in total. The normalized spacial score (nSPS) is 24.3. The van der Waals surface area contributed by atoms with Gasteiger partial charge in [-0.1, -0.05) is 6.07 Å². The molecule has 5 heteroatoms. The lowest BCUT2D eigenvalue weighted by molar-refractivity contribution is 0.0913. The van der Waals surface area contributed by atoms with E-state index < -0.39 is 0 Å². The van der Waals surface area contributed by atoms with Gasteiger partial charge in [0.2, 0.25) is 5.88 Å². The molecule has 2 fully saturated rings. The van der Waals surface area contributed by atoms with Crippen molar-refractivity contribution in [3.63, 3.8) is 0 Å². The molecule has 1 atom stereocenters. The van der Waals surface area contributed by atoms with Gasteiger partial charge in [-0.25, -0.2) is 4.98 Å². The molecule has 0 radical (unpaired) electrons. The number of nitrogens with zero attached hydrogens (tertiary/aromatic N) is 3. The van der Waals surface area contributed by atoms with Gasteiger partial charge in [-0.2, -0.15) is 0 Å². The van der Waals surface area contributed by atoms with E-state index >= 15 is 0 Å². The van der Waals surface area contributed by atoms with Gasteiger partial charge in [0.25, 0.3) is 0 Å². The van der Waals surface area contributed by atoms with Crippen molar-refractivity contribution in [2.75, 3.05) is 40.5 Å². The van der Waals surface area contributed by atoms with Crippen molar-refractivity contribution in [3.8, 4) is 5.88 Å². The smallest absolute Gasteiger partial charge is 0.217 e. The fourth-order valence-electron chi connectivity index (χ4n) is 4.67. The van der Waals surface area contributed by atoms with Gasteiger partial charge in [0.05, 0.1) is 13.7 Å². The van der Waals surface area contributed by atoms with E-state index in [0.717, 1.165) is 32.1 Å². The Morgan fingerprint density at radius 1 is 1.28 bits per heavy atom. The average molecular weight is 348 g/mol. The fourth-order valence-corrected chi connectivity index (χ4v) is 4.67. The molecule has 0 aliphatic carbocycles. The van der Waals surface area contributed by atoms with Crippen molar-refractivity contribution >= 4 is 0 Å². The number of piperidine rings is 1. The lowest BCUT2D eigenvalue weighted by Gasteiger charge is -2.39. The zero-order valence-corrected chi connectivity index (χ0v) is 16.2. The largest absolute Gasteiger partial charge is 0.481 e. The van der Waals surface area contributed by atoms with Crippen LogP contribution >= 0.6 is 0 Å². The van der Waals surface area contributed by atoms with Gasteiger partial charge in [0.1, 0.15) is 0 Å². The first-order valence-electron chi connectivity index (χ1n) is 9.52. The van der Waals surface area contributed by atoms with Crippen molar-refractivity contribution in [1.82, 2.24) is 14.8 Å². The van der Waals surface area contributed by atoms with Gasteiger partial charge in [0.15, 0.2) is 0 Å². The summed E-state index contributed by atoms with van der Waals surface area (Å²) in [5.74, 6) is 0.759. The highest BCUT2D eigenvalue weighted by atomic mass is 16.5. The Bertz CT molecular complexity index is 556. The zero-order valence-electron chi connectivity index (χ0n) is 16.2. The molecule has 25 heavy (non-hydrogen) atoms. The second-order valence-corrected chi connectivity index (χ2v) is 8.03. The summed E-state index contributed by atoms with van der Waals surface area (Å²) in [5.41, 5.74) is 1.66. The minimum Gasteiger partial charge on any atom is -0.481 e.